The molecule has 0 spiro atoms. The van der Waals surface area contributed by atoms with Gasteiger partial charge in [0.1, 0.15) is 30.3 Å². The van der Waals surface area contributed by atoms with Crippen LogP contribution >= 0.6 is 0 Å². The zero-order valence-electron chi connectivity index (χ0n) is 16.6. The number of ether oxygens (including phenoxy) is 2. The van der Waals surface area contributed by atoms with Crippen LogP contribution in [0.15, 0.2) is 54.7 Å². The summed E-state index contributed by atoms with van der Waals surface area (Å²) in [4.78, 5) is 9.35. The largest absolute Gasteiger partial charge is 0.489 e. The molecule has 0 radical (unpaired) electrons. The minimum atomic E-state index is 0.479. The summed E-state index contributed by atoms with van der Waals surface area (Å²) in [7, 11) is 1.70. The molecule has 4 rings (SSSR count). The summed E-state index contributed by atoms with van der Waals surface area (Å²) in [5.41, 5.74) is 4.07. The fraction of sp³-hybridized carbons (Fsp3) is 0.304. The molecule has 0 saturated heterocycles. The molecule has 0 saturated carbocycles. The van der Waals surface area contributed by atoms with Crippen molar-refractivity contribution in [2.24, 2.45) is 5.92 Å². The summed E-state index contributed by atoms with van der Waals surface area (Å²) in [6, 6.07) is 16.2. The number of fused-ring (bicyclic) bond motifs is 3. The molecule has 0 aliphatic rings. The molecule has 144 valence electrons. The Kier molecular flexibility index (Phi) is 5.26. The minimum absolute atomic E-state index is 0.479. The number of hydrogen-bond acceptors (Lipinski definition) is 4. The zero-order chi connectivity index (χ0) is 19.5. The van der Waals surface area contributed by atoms with Crippen LogP contribution < -0.4 is 4.74 Å². The first-order valence-electron chi connectivity index (χ1n) is 9.59. The molecular weight excluding hydrogens is 350 g/mol. The van der Waals surface area contributed by atoms with Gasteiger partial charge in [0.25, 0.3) is 0 Å². The SMILES string of the molecule is COCc1nc2cnc3ccc(OCc4ccccc4)cc3c2n1CC(C)C. The number of pyridine rings is 1. The fourth-order valence-corrected chi connectivity index (χ4v) is 3.47. The fourth-order valence-electron chi connectivity index (χ4n) is 3.47. The first-order valence-corrected chi connectivity index (χ1v) is 9.59. The van der Waals surface area contributed by atoms with E-state index in [-0.39, 0.29) is 0 Å². The van der Waals surface area contributed by atoms with Gasteiger partial charge in [0.05, 0.1) is 17.2 Å². The highest BCUT2D eigenvalue weighted by atomic mass is 16.5. The molecule has 28 heavy (non-hydrogen) atoms. The Morgan fingerprint density at radius 3 is 2.57 bits per heavy atom. The predicted octanol–water partition coefficient (Wildman–Crippen LogP) is 4.97. The Balaban J connectivity index is 1.78. The van der Waals surface area contributed by atoms with E-state index in [9.17, 15) is 0 Å². The summed E-state index contributed by atoms with van der Waals surface area (Å²) in [6.07, 6.45) is 1.85. The number of hydrogen-bond donors (Lipinski definition) is 0. The Morgan fingerprint density at radius 2 is 1.82 bits per heavy atom. The molecule has 0 N–H and O–H groups in total. The van der Waals surface area contributed by atoms with E-state index in [2.05, 4.69) is 41.6 Å². The first kappa shape index (κ1) is 18.4. The van der Waals surface area contributed by atoms with Gasteiger partial charge in [-0.2, -0.15) is 0 Å². The van der Waals surface area contributed by atoms with Gasteiger partial charge >= 0.3 is 0 Å². The maximum atomic E-state index is 6.04. The lowest BCUT2D eigenvalue weighted by atomic mass is 10.1. The van der Waals surface area contributed by atoms with Crippen molar-refractivity contribution in [1.82, 2.24) is 14.5 Å². The van der Waals surface area contributed by atoms with E-state index >= 15 is 0 Å². The van der Waals surface area contributed by atoms with Crippen molar-refractivity contribution in [2.45, 2.75) is 33.6 Å². The van der Waals surface area contributed by atoms with E-state index in [0.29, 0.717) is 19.1 Å². The molecule has 2 aromatic carbocycles. The Bertz CT molecular complexity index is 1090. The lowest BCUT2D eigenvalue weighted by molar-refractivity contribution is 0.174. The average molecular weight is 375 g/mol. The monoisotopic (exact) mass is 375 g/mol. The van der Waals surface area contributed by atoms with Gasteiger partial charge in [-0.3, -0.25) is 4.98 Å². The lowest BCUT2D eigenvalue weighted by Crippen LogP contribution is -2.09. The number of aromatic nitrogens is 3. The van der Waals surface area contributed by atoms with Gasteiger partial charge < -0.3 is 14.0 Å². The second-order valence-electron chi connectivity index (χ2n) is 7.41. The Morgan fingerprint density at radius 1 is 1.00 bits per heavy atom. The van der Waals surface area contributed by atoms with Crippen molar-refractivity contribution in [3.05, 3.63) is 66.1 Å². The van der Waals surface area contributed by atoms with Gasteiger partial charge in [-0.1, -0.05) is 44.2 Å². The van der Waals surface area contributed by atoms with E-state index in [1.807, 2.05) is 36.5 Å². The van der Waals surface area contributed by atoms with E-state index in [1.165, 1.54) is 0 Å². The predicted molar refractivity (Wildman–Crippen MR) is 111 cm³/mol. The average Bonchev–Trinajstić information content (AvgIpc) is 3.04. The van der Waals surface area contributed by atoms with Gasteiger partial charge in [0.2, 0.25) is 0 Å². The van der Waals surface area contributed by atoms with Gasteiger partial charge in [-0.15, -0.1) is 0 Å². The van der Waals surface area contributed by atoms with Crippen molar-refractivity contribution in [3.8, 4) is 5.75 Å². The molecule has 5 heteroatoms. The lowest BCUT2D eigenvalue weighted by Gasteiger charge is -2.13. The van der Waals surface area contributed by atoms with E-state index in [0.717, 1.165) is 45.6 Å². The maximum Gasteiger partial charge on any atom is 0.136 e. The minimum Gasteiger partial charge on any atom is -0.489 e. The van der Waals surface area contributed by atoms with Gasteiger partial charge in [-0.05, 0) is 29.7 Å². The summed E-state index contributed by atoms with van der Waals surface area (Å²) < 4.78 is 13.7. The molecule has 5 nitrogen and oxygen atoms in total. The molecule has 2 heterocycles. The van der Waals surface area contributed by atoms with Crippen LogP contribution in [0.5, 0.6) is 5.75 Å². The van der Waals surface area contributed by atoms with Crippen LogP contribution in [0.4, 0.5) is 0 Å². The highest BCUT2D eigenvalue weighted by Crippen LogP contribution is 2.29. The van der Waals surface area contributed by atoms with Gasteiger partial charge in [0, 0.05) is 19.0 Å². The molecule has 0 aliphatic carbocycles. The standard InChI is InChI=1S/C23H25N3O2/c1-16(2)13-26-22(15-27-3)25-21-12-24-20-10-9-18(11-19(20)23(21)26)28-14-17-7-5-4-6-8-17/h4-12,16H,13-15H2,1-3H3. The molecule has 0 atom stereocenters. The zero-order valence-corrected chi connectivity index (χ0v) is 16.6. The summed E-state index contributed by atoms with van der Waals surface area (Å²) in [5, 5.41) is 1.05. The molecule has 0 bridgehead atoms. The third-order valence-electron chi connectivity index (χ3n) is 4.69. The third-order valence-corrected chi connectivity index (χ3v) is 4.69. The Hall–Kier alpha value is -2.92. The van der Waals surface area contributed by atoms with Crippen LogP contribution in [0, 0.1) is 5.92 Å². The Labute approximate surface area is 164 Å². The second kappa shape index (κ2) is 7.98. The van der Waals surface area contributed by atoms with Crippen LogP contribution in [-0.2, 0) is 24.5 Å². The van der Waals surface area contributed by atoms with Crippen LogP contribution in [0.3, 0.4) is 0 Å². The molecule has 2 aromatic heterocycles. The van der Waals surface area contributed by atoms with Crippen molar-refractivity contribution in [1.29, 1.82) is 0 Å². The molecular formula is C23H25N3O2. The molecule has 4 aromatic rings. The number of benzene rings is 2. The van der Waals surface area contributed by atoms with E-state index < -0.39 is 0 Å². The summed E-state index contributed by atoms with van der Waals surface area (Å²) in [6.45, 7) is 6.31. The smallest absolute Gasteiger partial charge is 0.136 e. The number of methoxy groups -OCH3 is 1. The number of nitrogens with zero attached hydrogens (tertiary/aromatic N) is 3. The number of imidazole rings is 1. The summed E-state index contributed by atoms with van der Waals surface area (Å²) in [5.74, 6) is 2.25. The highest BCUT2D eigenvalue weighted by Gasteiger charge is 2.16. The summed E-state index contributed by atoms with van der Waals surface area (Å²) >= 11 is 0. The number of rotatable bonds is 7. The van der Waals surface area contributed by atoms with Crippen molar-refractivity contribution < 1.29 is 9.47 Å². The normalized spacial score (nSPS) is 11.6. The second-order valence-corrected chi connectivity index (χ2v) is 7.41. The third kappa shape index (κ3) is 3.71. The van der Waals surface area contributed by atoms with E-state index in [4.69, 9.17) is 14.5 Å². The first-order chi connectivity index (χ1) is 13.7. The van der Waals surface area contributed by atoms with Gasteiger partial charge in [0.15, 0.2) is 0 Å². The quantitative estimate of drug-likeness (QED) is 0.458. The molecule has 0 amide bonds. The van der Waals surface area contributed by atoms with Crippen LogP contribution in [0.2, 0.25) is 0 Å². The van der Waals surface area contributed by atoms with Crippen molar-refractivity contribution >= 4 is 21.9 Å². The van der Waals surface area contributed by atoms with Crippen molar-refractivity contribution in [3.63, 3.8) is 0 Å². The van der Waals surface area contributed by atoms with Crippen molar-refractivity contribution in [2.75, 3.05) is 7.11 Å². The van der Waals surface area contributed by atoms with Gasteiger partial charge in [-0.25, -0.2) is 4.98 Å². The topological polar surface area (TPSA) is 49.2 Å². The van der Waals surface area contributed by atoms with Crippen LogP contribution in [0.1, 0.15) is 25.2 Å². The van der Waals surface area contributed by atoms with Crippen LogP contribution in [-0.4, -0.2) is 21.6 Å². The molecule has 0 aliphatic heterocycles. The highest BCUT2D eigenvalue weighted by molar-refractivity contribution is 6.02. The molecule has 0 fully saturated rings. The van der Waals surface area contributed by atoms with Crippen LogP contribution in [0.25, 0.3) is 21.9 Å². The maximum absolute atomic E-state index is 6.04. The molecule has 0 unspecified atom stereocenters. The van der Waals surface area contributed by atoms with E-state index in [1.54, 1.807) is 7.11 Å².